The largest absolute Gasteiger partial charge is 0.461 e. The van der Waals surface area contributed by atoms with Gasteiger partial charge in [-0.2, -0.15) is 0 Å². The van der Waals surface area contributed by atoms with Crippen LogP contribution in [0.15, 0.2) is 40.8 Å². The van der Waals surface area contributed by atoms with Crippen molar-refractivity contribution in [3.8, 4) is 11.3 Å². The van der Waals surface area contributed by atoms with Crippen molar-refractivity contribution in [1.29, 1.82) is 0 Å². The van der Waals surface area contributed by atoms with Crippen LogP contribution in [0.1, 0.15) is 35.4 Å². The molecular formula is C19H22N2O3. The van der Waals surface area contributed by atoms with Gasteiger partial charge in [0.1, 0.15) is 11.5 Å². The van der Waals surface area contributed by atoms with Gasteiger partial charge in [-0.3, -0.25) is 9.59 Å². The first-order valence-electron chi connectivity index (χ1n) is 8.36. The second-order valence-corrected chi connectivity index (χ2v) is 6.08. The van der Waals surface area contributed by atoms with Gasteiger partial charge in [-0.25, -0.2) is 0 Å². The molecule has 1 aliphatic rings. The minimum Gasteiger partial charge on any atom is -0.461 e. The van der Waals surface area contributed by atoms with Crippen molar-refractivity contribution < 1.29 is 14.0 Å². The molecule has 0 spiro atoms. The van der Waals surface area contributed by atoms with Crippen LogP contribution >= 0.6 is 0 Å². The van der Waals surface area contributed by atoms with Crippen molar-refractivity contribution in [1.82, 2.24) is 10.2 Å². The number of hydrogen-bond donors (Lipinski definition) is 1. The Bertz CT molecular complexity index is 736. The predicted molar refractivity (Wildman–Crippen MR) is 91.6 cm³/mol. The Morgan fingerprint density at radius 2 is 2.17 bits per heavy atom. The molecule has 1 aromatic heterocycles. The van der Waals surface area contributed by atoms with Crippen LogP contribution in [0.3, 0.4) is 0 Å². The molecule has 126 valence electrons. The average Bonchev–Trinajstić information content (AvgIpc) is 3.20. The maximum atomic E-state index is 12.3. The molecule has 24 heavy (non-hydrogen) atoms. The molecule has 1 saturated heterocycles. The molecule has 1 N–H and O–H groups in total. The summed E-state index contributed by atoms with van der Waals surface area (Å²) in [6.07, 6.45) is 2.38. The molecule has 0 bridgehead atoms. The second kappa shape index (κ2) is 7.34. The topological polar surface area (TPSA) is 62.6 Å². The summed E-state index contributed by atoms with van der Waals surface area (Å²) in [4.78, 5) is 25.7. The Morgan fingerprint density at radius 1 is 1.29 bits per heavy atom. The van der Waals surface area contributed by atoms with Crippen LogP contribution < -0.4 is 5.32 Å². The molecule has 0 atom stereocenters. The summed E-state index contributed by atoms with van der Waals surface area (Å²) < 4.78 is 5.60. The van der Waals surface area contributed by atoms with E-state index in [4.69, 9.17) is 4.42 Å². The van der Waals surface area contributed by atoms with Gasteiger partial charge >= 0.3 is 0 Å². The molecule has 1 fully saturated rings. The van der Waals surface area contributed by atoms with E-state index in [0.29, 0.717) is 25.1 Å². The first-order valence-corrected chi connectivity index (χ1v) is 8.36. The number of carbonyl (C=O) groups is 2. The molecule has 3 rings (SSSR count). The first kappa shape index (κ1) is 16.3. The third kappa shape index (κ3) is 3.85. The summed E-state index contributed by atoms with van der Waals surface area (Å²) in [7, 11) is 0. The number of amides is 2. The molecule has 2 amide bonds. The number of furan rings is 1. The highest BCUT2D eigenvalue weighted by molar-refractivity contribution is 5.95. The molecule has 5 nitrogen and oxygen atoms in total. The fourth-order valence-corrected chi connectivity index (χ4v) is 2.92. The van der Waals surface area contributed by atoms with Gasteiger partial charge in [-0.15, -0.1) is 0 Å². The average molecular weight is 326 g/mol. The fraction of sp³-hybridized carbons (Fsp3) is 0.368. The minimum absolute atomic E-state index is 0.104. The first-order chi connectivity index (χ1) is 11.6. The van der Waals surface area contributed by atoms with Crippen molar-refractivity contribution in [3.05, 3.63) is 47.7 Å². The molecule has 0 aliphatic carbocycles. The van der Waals surface area contributed by atoms with Crippen LogP contribution in [0, 0.1) is 6.92 Å². The van der Waals surface area contributed by atoms with Crippen LogP contribution in [0.5, 0.6) is 0 Å². The maximum Gasteiger partial charge on any atom is 0.251 e. The standard InChI is InChI=1S/C19H22N2O3/c1-14-8-9-17(24-14)15-5-2-6-16(13-15)19(23)20-10-4-12-21-11-3-7-18(21)22/h2,5-6,8-9,13H,3-4,7,10-12H2,1H3,(H,20,23). The van der Waals surface area contributed by atoms with Crippen LogP contribution in [0.25, 0.3) is 11.3 Å². The van der Waals surface area contributed by atoms with Crippen molar-refractivity contribution in [3.63, 3.8) is 0 Å². The number of benzene rings is 1. The smallest absolute Gasteiger partial charge is 0.251 e. The monoisotopic (exact) mass is 326 g/mol. The van der Waals surface area contributed by atoms with Crippen molar-refractivity contribution >= 4 is 11.8 Å². The summed E-state index contributed by atoms with van der Waals surface area (Å²) >= 11 is 0. The highest BCUT2D eigenvalue weighted by Gasteiger charge is 2.19. The number of aryl methyl sites for hydroxylation is 1. The summed E-state index contributed by atoms with van der Waals surface area (Å²) in [6.45, 7) is 4.01. The molecule has 2 aromatic rings. The molecule has 1 aromatic carbocycles. The zero-order chi connectivity index (χ0) is 16.9. The molecular weight excluding hydrogens is 304 g/mol. The van der Waals surface area contributed by atoms with Crippen molar-refractivity contribution in [2.75, 3.05) is 19.6 Å². The van der Waals surface area contributed by atoms with E-state index in [1.807, 2.05) is 42.2 Å². The van der Waals surface area contributed by atoms with E-state index < -0.39 is 0 Å². The predicted octanol–water partition coefficient (Wildman–Crippen LogP) is 3.00. The van der Waals surface area contributed by atoms with E-state index in [1.54, 1.807) is 6.07 Å². The Balaban J connectivity index is 1.52. The fourth-order valence-electron chi connectivity index (χ4n) is 2.92. The molecule has 2 heterocycles. The van der Waals surface area contributed by atoms with Gasteiger partial charge in [0.15, 0.2) is 0 Å². The summed E-state index contributed by atoms with van der Waals surface area (Å²) in [6, 6.07) is 11.2. The zero-order valence-electron chi connectivity index (χ0n) is 13.9. The molecule has 1 aliphatic heterocycles. The lowest BCUT2D eigenvalue weighted by Crippen LogP contribution is -2.30. The minimum atomic E-state index is -0.104. The number of nitrogens with zero attached hydrogens (tertiary/aromatic N) is 1. The normalized spacial score (nSPS) is 14.2. The van der Waals surface area contributed by atoms with Crippen molar-refractivity contribution in [2.24, 2.45) is 0 Å². The van der Waals surface area contributed by atoms with E-state index in [2.05, 4.69) is 5.32 Å². The lowest BCUT2D eigenvalue weighted by molar-refractivity contribution is -0.127. The van der Waals surface area contributed by atoms with Gasteiger partial charge in [-0.1, -0.05) is 12.1 Å². The Labute approximate surface area is 141 Å². The Morgan fingerprint density at radius 3 is 2.88 bits per heavy atom. The van der Waals surface area contributed by atoms with E-state index in [0.717, 1.165) is 36.5 Å². The van der Waals surface area contributed by atoms with Gasteiger partial charge in [0.25, 0.3) is 5.91 Å². The van der Waals surface area contributed by atoms with Crippen LogP contribution in [-0.2, 0) is 4.79 Å². The molecule has 0 unspecified atom stereocenters. The van der Waals surface area contributed by atoms with Gasteiger partial charge < -0.3 is 14.6 Å². The third-order valence-electron chi connectivity index (χ3n) is 4.21. The van der Waals surface area contributed by atoms with Crippen LogP contribution in [0.2, 0.25) is 0 Å². The van der Waals surface area contributed by atoms with E-state index in [1.165, 1.54) is 0 Å². The number of carbonyl (C=O) groups excluding carboxylic acids is 2. The van der Waals surface area contributed by atoms with Gasteiger partial charge in [0.05, 0.1) is 0 Å². The number of rotatable bonds is 6. The second-order valence-electron chi connectivity index (χ2n) is 6.08. The maximum absolute atomic E-state index is 12.3. The Hall–Kier alpha value is -2.56. The highest BCUT2D eigenvalue weighted by Crippen LogP contribution is 2.22. The van der Waals surface area contributed by atoms with Gasteiger partial charge in [0, 0.05) is 37.2 Å². The van der Waals surface area contributed by atoms with E-state index in [-0.39, 0.29) is 11.8 Å². The number of likely N-dealkylation sites (tertiary alicyclic amines) is 1. The number of hydrogen-bond acceptors (Lipinski definition) is 3. The highest BCUT2D eigenvalue weighted by atomic mass is 16.3. The molecule has 0 radical (unpaired) electrons. The van der Waals surface area contributed by atoms with E-state index in [9.17, 15) is 9.59 Å². The van der Waals surface area contributed by atoms with Crippen molar-refractivity contribution in [2.45, 2.75) is 26.2 Å². The SMILES string of the molecule is Cc1ccc(-c2cccc(C(=O)NCCCN3CCCC3=O)c2)o1. The van der Waals surface area contributed by atoms with Gasteiger partial charge in [-0.05, 0) is 44.0 Å². The summed E-state index contributed by atoms with van der Waals surface area (Å²) in [5.74, 6) is 1.72. The molecule has 0 saturated carbocycles. The third-order valence-corrected chi connectivity index (χ3v) is 4.21. The van der Waals surface area contributed by atoms with Crippen LogP contribution in [0.4, 0.5) is 0 Å². The zero-order valence-corrected chi connectivity index (χ0v) is 13.9. The van der Waals surface area contributed by atoms with Gasteiger partial charge in [0.2, 0.25) is 5.91 Å². The number of nitrogens with one attached hydrogen (secondary N) is 1. The lowest BCUT2D eigenvalue weighted by atomic mass is 10.1. The summed E-state index contributed by atoms with van der Waals surface area (Å²) in [5.41, 5.74) is 1.50. The van der Waals surface area contributed by atoms with Crippen LogP contribution in [-0.4, -0.2) is 36.3 Å². The summed E-state index contributed by atoms with van der Waals surface area (Å²) in [5, 5.41) is 2.91. The quantitative estimate of drug-likeness (QED) is 0.830. The lowest BCUT2D eigenvalue weighted by Gasteiger charge is -2.15. The Kier molecular flexibility index (Phi) is 4.99. The van der Waals surface area contributed by atoms with E-state index >= 15 is 0 Å². The molecule has 5 heteroatoms.